The third kappa shape index (κ3) is 4.90. The zero-order valence-corrected chi connectivity index (χ0v) is 14.4. The first kappa shape index (κ1) is 18.9. The number of nitrogens with one attached hydrogen (secondary N) is 1. The second kappa shape index (κ2) is 8.44. The van der Waals surface area contributed by atoms with Crippen molar-refractivity contribution < 1.29 is 0 Å². The number of halogens is 3. The van der Waals surface area contributed by atoms with Crippen LogP contribution in [0.1, 0.15) is 30.9 Å². The predicted molar refractivity (Wildman–Crippen MR) is 94.9 cm³/mol. The lowest BCUT2D eigenvalue weighted by molar-refractivity contribution is 0.161. The quantitative estimate of drug-likeness (QED) is 0.815. The lowest BCUT2D eigenvalue weighted by Crippen LogP contribution is -2.45. The van der Waals surface area contributed by atoms with Gasteiger partial charge < -0.3 is 11.1 Å². The number of hydrogen-bond donors (Lipinski definition) is 2. The van der Waals surface area contributed by atoms with Crippen molar-refractivity contribution in [2.75, 3.05) is 31.9 Å². The molecule has 1 aliphatic carbocycles. The molecule has 0 spiro atoms. The van der Waals surface area contributed by atoms with E-state index in [1.54, 1.807) is 0 Å². The van der Waals surface area contributed by atoms with Crippen LogP contribution in [0.3, 0.4) is 0 Å². The van der Waals surface area contributed by atoms with Gasteiger partial charge in [-0.25, -0.2) is 0 Å². The Hall–Kier alpha value is -0.190. The summed E-state index contributed by atoms with van der Waals surface area (Å²) < 4.78 is 0. The third-order valence-corrected chi connectivity index (χ3v) is 4.49. The fourth-order valence-electron chi connectivity index (χ4n) is 2.97. The van der Waals surface area contributed by atoms with Crippen molar-refractivity contribution in [3.05, 3.63) is 28.8 Å². The summed E-state index contributed by atoms with van der Waals surface area (Å²) in [6.45, 7) is 4.34. The Kier molecular flexibility index (Phi) is 7.58. The van der Waals surface area contributed by atoms with E-state index in [4.69, 9.17) is 17.3 Å². The lowest BCUT2D eigenvalue weighted by Gasteiger charge is -2.36. The van der Waals surface area contributed by atoms with E-state index in [-0.39, 0.29) is 24.8 Å². The number of anilines is 1. The van der Waals surface area contributed by atoms with Crippen LogP contribution in [0.2, 0.25) is 5.02 Å². The van der Waals surface area contributed by atoms with Crippen LogP contribution in [-0.2, 0) is 0 Å². The van der Waals surface area contributed by atoms with Crippen molar-refractivity contribution in [1.82, 2.24) is 10.2 Å². The maximum absolute atomic E-state index is 6.19. The van der Waals surface area contributed by atoms with Crippen LogP contribution in [0.25, 0.3) is 0 Å². The van der Waals surface area contributed by atoms with Gasteiger partial charge in [-0.2, -0.15) is 0 Å². The fourth-order valence-corrected chi connectivity index (χ4v) is 3.15. The molecule has 0 aromatic heterocycles. The molecule has 1 heterocycles. The number of nitrogen functional groups attached to an aromatic ring is 1. The fraction of sp³-hybridized carbons (Fsp3) is 0.600. The standard InChI is InChI=1S/C15H22ClN3.2ClH/c16-12-3-4-14(17)13(10-12)15(9-11-1-2-11)19-7-5-18-6-8-19;;/h3-4,10-11,15,18H,1-2,5-9,17H2;2*1H/t15-;;/m1../s1. The Morgan fingerprint density at radius 1 is 1.24 bits per heavy atom. The summed E-state index contributed by atoms with van der Waals surface area (Å²) in [7, 11) is 0. The van der Waals surface area contributed by atoms with Gasteiger partial charge in [0.05, 0.1) is 0 Å². The van der Waals surface area contributed by atoms with Gasteiger partial charge in [0.15, 0.2) is 0 Å². The summed E-state index contributed by atoms with van der Waals surface area (Å²) in [5, 5.41) is 4.21. The smallest absolute Gasteiger partial charge is 0.0410 e. The zero-order valence-electron chi connectivity index (χ0n) is 12.1. The highest BCUT2D eigenvalue weighted by Gasteiger charge is 2.31. The van der Waals surface area contributed by atoms with E-state index in [1.165, 1.54) is 24.8 Å². The van der Waals surface area contributed by atoms with Crippen LogP contribution >= 0.6 is 36.4 Å². The van der Waals surface area contributed by atoms with E-state index in [0.717, 1.165) is 42.8 Å². The molecule has 0 amide bonds. The number of nitrogens with two attached hydrogens (primary N) is 1. The molecule has 0 radical (unpaired) electrons. The highest BCUT2D eigenvalue weighted by molar-refractivity contribution is 6.30. The molecule has 3 rings (SSSR count). The molecular weight excluding hydrogens is 329 g/mol. The highest BCUT2D eigenvalue weighted by Crippen LogP contribution is 2.41. The molecule has 1 atom stereocenters. The van der Waals surface area contributed by atoms with Crippen LogP contribution < -0.4 is 11.1 Å². The zero-order chi connectivity index (χ0) is 13.2. The molecule has 21 heavy (non-hydrogen) atoms. The van der Waals surface area contributed by atoms with Gasteiger partial charge >= 0.3 is 0 Å². The Labute approximate surface area is 144 Å². The van der Waals surface area contributed by atoms with E-state index in [1.807, 2.05) is 12.1 Å². The molecule has 3 N–H and O–H groups in total. The minimum atomic E-state index is 0. The van der Waals surface area contributed by atoms with Crippen LogP contribution in [0, 0.1) is 5.92 Å². The van der Waals surface area contributed by atoms with Gasteiger partial charge in [-0.15, -0.1) is 24.8 Å². The molecule has 6 heteroatoms. The van der Waals surface area contributed by atoms with Crippen molar-refractivity contribution in [1.29, 1.82) is 0 Å². The van der Waals surface area contributed by atoms with Crippen LogP contribution in [0.15, 0.2) is 18.2 Å². The van der Waals surface area contributed by atoms with Crippen LogP contribution in [0.5, 0.6) is 0 Å². The number of nitrogens with zero attached hydrogens (tertiary/aromatic N) is 1. The minimum Gasteiger partial charge on any atom is -0.398 e. The minimum absolute atomic E-state index is 0. The summed E-state index contributed by atoms with van der Waals surface area (Å²) in [6.07, 6.45) is 3.98. The second-order valence-corrected chi connectivity index (χ2v) is 6.19. The van der Waals surface area contributed by atoms with Crippen molar-refractivity contribution in [2.24, 2.45) is 5.92 Å². The van der Waals surface area contributed by atoms with Gasteiger partial charge in [0, 0.05) is 42.9 Å². The van der Waals surface area contributed by atoms with E-state index in [0.29, 0.717) is 6.04 Å². The number of hydrogen-bond acceptors (Lipinski definition) is 3. The molecule has 3 nitrogen and oxygen atoms in total. The van der Waals surface area contributed by atoms with Gasteiger partial charge in [-0.1, -0.05) is 24.4 Å². The van der Waals surface area contributed by atoms with Crippen LogP contribution in [-0.4, -0.2) is 31.1 Å². The van der Waals surface area contributed by atoms with Crippen molar-refractivity contribution in [2.45, 2.75) is 25.3 Å². The van der Waals surface area contributed by atoms with Gasteiger partial charge in [0.25, 0.3) is 0 Å². The number of piperazine rings is 1. The molecule has 0 bridgehead atoms. The summed E-state index contributed by atoms with van der Waals surface area (Å²) >= 11 is 6.17. The second-order valence-electron chi connectivity index (χ2n) is 5.75. The number of rotatable bonds is 4. The largest absolute Gasteiger partial charge is 0.398 e. The van der Waals surface area contributed by atoms with Gasteiger partial charge in [-0.3, -0.25) is 4.90 Å². The monoisotopic (exact) mass is 351 g/mol. The first-order valence-electron chi connectivity index (χ1n) is 7.24. The molecule has 1 aromatic carbocycles. The summed E-state index contributed by atoms with van der Waals surface area (Å²) in [6, 6.07) is 6.33. The number of benzene rings is 1. The highest BCUT2D eigenvalue weighted by atomic mass is 35.5. The molecule has 1 saturated carbocycles. The molecule has 2 fully saturated rings. The van der Waals surface area contributed by atoms with Crippen LogP contribution in [0.4, 0.5) is 5.69 Å². The van der Waals surface area contributed by atoms with Gasteiger partial charge in [-0.05, 0) is 36.1 Å². The summed E-state index contributed by atoms with van der Waals surface area (Å²) in [5.41, 5.74) is 8.30. The predicted octanol–water partition coefficient (Wildman–Crippen LogP) is 3.51. The first-order chi connectivity index (χ1) is 9.24. The maximum atomic E-state index is 6.19. The normalized spacial score (nSPS) is 20.2. The molecule has 0 unspecified atom stereocenters. The molecule has 120 valence electrons. The Balaban J connectivity index is 0.00000110. The van der Waals surface area contributed by atoms with E-state index in [9.17, 15) is 0 Å². The Morgan fingerprint density at radius 3 is 2.52 bits per heavy atom. The average molecular weight is 353 g/mol. The molecule has 2 aliphatic rings. The first-order valence-corrected chi connectivity index (χ1v) is 7.61. The van der Waals surface area contributed by atoms with Crippen molar-refractivity contribution >= 4 is 42.1 Å². The molecular formula is C15H24Cl3N3. The molecule has 1 saturated heterocycles. The summed E-state index contributed by atoms with van der Waals surface area (Å²) in [5.74, 6) is 0.887. The maximum Gasteiger partial charge on any atom is 0.0410 e. The van der Waals surface area contributed by atoms with E-state index in [2.05, 4.69) is 16.3 Å². The van der Waals surface area contributed by atoms with Gasteiger partial charge in [0.1, 0.15) is 0 Å². The van der Waals surface area contributed by atoms with Crippen molar-refractivity contribution in [3.63, 3.8) is 0 Å². The SMILES string of the molecule is Cl.Cl.Nc1ccc(Cl)cc1[C@@H](CC1CC1)N1CCNCC1. The molecule has 1 aromatic rings. The third-order valence-electron chi connectivity index (χ3n) is 4.25. The molecule has 1 aliphatic heterocycles. The summed E-state index contributed by atoms with van der Waals surface area (Å²) in [4.78, 5) is 2.57. The van der Waals surface area contributed by atoms with Crippen molar-refractivity contribution in [3.8, 4) is 0 Å². The Bertz CT molecular complexity index is 446. The Morgan fingerprint density at radius 2 is 1.90 bits per heavy atom. The van der Waals surface area contributed by atoms with Gasteiger partial charge in [0.2, 0.25) is 0 Å². The average Bonchev–Trinajstić information content (AvgIpc) is 3.24. The van der Waals surface area contributed by atoms with E-state index >= 15 is 0 Å². The lowest BCUT2D eigenvalue weighted by atomic mass is 9.97. The van der Waals surface area contributed by atoms with E-state index < -0.39 is 0 Å². The topological polar surface area (TPSA) is 41.3 Å².